The quantitative estimate of drug-likeness (QED) is 0.429. The summed E-state index contributed by atoms with van der Waals surface area (Å²) in [5, 5.41) is 0. The summed E-state index contributed by atoms with van der Waals surface area (Å²) < 4.78 is 0. The highest BCUT2D eigenvalue weighted by molar-refractivity contribution is 7.98. The molecule has 3 heteroatoms. The van der Waals surface area contributed by atoms with E-state index in [2.05, 4.69) is 25.1 Å². The molecule has 0 spiro atoms. The molecule has 0 fully saturated rings. The largest absolute Gasteiger partial charge is 0.304 e. The Morgan fingerprint density at radius 2 is 1.87 bits per heavy atom. The molecule has 0 bridgehead atoms. The number of halogens is 1. The van der Waals surface area contributed by atoms with E-state index in [1.807, 2.05) is 11.8 Å². The van der Waals surface area contributed by atoms with Crippen molar-refractivity contribution in [1.29, 1.82) is 0 Å². The average Bonchev–Trinajstić information content (AvgIpc) is 2.25. The molecule has 0 aliphatic carbocycles. The van der Waals surface area contributed by atoms with Crippen LogP contribution < -0.4 is 0 Å². The fourth-order valence-corrected chi connectivity index (χ4v) is 2.30. The lowest BCUT2D eigenvalue weighted by Crippen LogP contribution is -2.30. The van der Waals surface area contributed by atoms with Crippen molar-refractivity contribution >= 4 is 23.4 Å². The van der Waals surface area contributed by atoms with E-state index in [0.29, 0.717) is 0 Å². The van der Waals surface area contributed by atoms with Gasteiger partial charge in [0, 0.05) is 11.9 Å². The Labute approximate surface area is 105 Å². The van der Waals surface area contributed by atoms with Crippen LogP contribution in [0.25, 0.3) is 0 Å². The molecule has 1 atom stereocenters. The van der Waals surface area contributed by atoms with Crippen LogP contribution in [0.3, 0.4) is 0 Å². The standard InChI is InChI=1S/C12H26ClNS/c1-12(8-11-15-3)14(2)10-7-5-4-6-9-13/h12H,4-11H2,1-3H3. The molecule has 0 heterocycles. The third-order valence-corrected chi connectivity index (χ3v) is 3.80. The van der Waals surface area contributed by atoms with Crippen LogP contribution in [-0.4, -0.2) is 42.4 Å². The van der Waals surface area contributed by atoms with Gasteiger partial charge in [-0.15, -0.1) is 11.6 Å². The van der Waals surface area contributed by atoms with Gasteiger partial charge in [-0.1, -0.05) is 12.8 Å². The molecule has 0 saturated heterocycles. The van der Waals surface area contributed by atoms with Gasteiger partial charge in [0.25, 0.3) is 0 Å². The molecule has 92 valence electrons. The minimum Gasteiger partial charge on any atom is -0.304 e. The summed E-state index contributed by atoms with van der Waals surface area (Å²) in [5.74, 6) is 2.09. The number of nitrogens with zero attached hydrogens (tertiary/aromatic N) is 1. The SMILES string of the molecule is CSCCC(C)N(C)CCCCCCCl. The number of thioether (sulfide) groups is 1. The fourth-order valence-electron chi connectivity index (χ4n) is 1.54. The van der Waals surface area contributed by atoms with Crippen molar-refractivity contribution in [1.82, 2.24) is 4.90 Å². The Kier molecular flexibility index (Phi) is 11.5. The lowest BCUT2D eigenvalue weighted by molar-refractivity contribution is 0.247. The van der Waals surface area contributed by atoms with E-state index in [9.17, 15) is 0 Å². The Morgan fingerprint density at radius 1 is 1.20 bits per heavy atom. The zero-order valence-corrected chi connectivity index (χ0v) is 12.0. The summed E-state index contributed by atoms with van der Waals surface area (Å²) in [6.07, 6.45) is 8.59. The van der Waals surface area contributed by atoms with E-state index in [0.717, 1.165) is 11.9 Å². The van der Waals surface area contributed by atoms with Crippen molar-refractivity contribution in [3.8, 4) is 0 Å². The predicted octanol–water partition coefficient (Wildman–Crippen LogP) is 3.86. The molecule has 0 aromatic heterocycles. The van der Waals surface area contributed by atoms with E-state index < -0.39 is 0 Å². The number of rotatable bonds is 10. The minimum absolute atomic E-state index is 0.727. The Hall–Kier alpha value is 0.600. The molecule has 1 nitrogen and oxygen atoms in total. The number of hydrogen-bond donors (Lipinski definition) is 0. The molecule has 0 saturated carbocycles. The minimum atomic E-state index is 0.727. The molecule has 0 aliphatic rings. The van der Waals surface area contributed by atoms with Crippen molar-refractivity contribution in [3.63, 3.8) is 0 Å². The summed E-state index contributed by atoms with van der Waals surface area (Å²) in [5.41, 5.74) is 0. The molecule has 0 aliphatic heterocycles. The number of alkyl halides is 1. The first-order valence-corrected chi connectivity index (χ1v) is 7.90. The molecular weight excluding hydrogens is 226 g/mol. The smallest absolute Gasteiger partial charge is 0.0223 e. The van der Waals surface area contributed by atoms with Gasteiger partial charge in [-0.3, -0.25) is 0 Å². The maximum absolute atomic E-state index is 5.64. The summed E-state index contributed by atoms with van der Waals surface area (Å²) in [6.45, 7) is 3.56. The zero-order chi connectivity index (χ0) is 11.5. The number of unbranched alkanes of at least 4 members (excludes halogenated alkanes) is 3. The molecule has 0 radical (unpaired) electrons. The van der Waals surface area contributed by atoms with Gasteiger partial charge in [-0.05, 0) is 51.8 Å². The maximum atomic E-state index is 5.64. The van der Waals surface area contributed by atoms with Crippen LogP contribution in [0, 0.1) is 0 Å². The maximum Gasteiger partial charge on any atom is 0.0223 e. The highest BCUT2D eigenvalue weighted by Gasteiger charge is 2.07. The summed E-state index contributed by atoms with van der Waals surface area (Å²) in [4.78, 5) is 2.48. The number of hydrogen-bond acceptors (Lipinski definition) is 2. The first-order valence-electron chi connectivity index (χ1n) is 5.97. The Balaban J connectivity index is 3.34. The molecule has 0 rings (SSSR count). The highest BCUT2D eigenvalue weighted by atomic mass is 35.5. The third-order valence-electron chi connectivity index (χ3n) is 2.89. The van der Waals surface area contributed by atoms with Gasteiger partial charge in [-0.2, -0.15) is 11.8 Å². The molecule has 15 heavy (non-hydrogen) atoms. The average molecular weight is 252 g/mol. The van der Waals surface area contributed by atoms with Crippen molar-refractivity contribution in [2.75, 3.05) is 31.5 Å². The molecule has 0 aromatic rings. The van der Waals surface area contributed by atoms with Crippen LogP contribution in [-0.2, 0) is 0 Å². The molecule has 0 N–H and O–H groups in total. The van der Waals surface area contributed by atoms with Crippen LogP contribution in [0.4, 0.5) is 0 Å². The fraction of sp³-hybridized carbons (Fsp3) is 1.00. The van der Waals surface area contributed by atoms with Crippen LogP contribution in [0.2, 0.25) is 0 Å². The first-order chi connectivity index (χ1) is 7.22. The van der Waals surface area contributed by atoms with Gasteiger partial charge in [0.1, 0.15) is 0 Å². The topological polar surface area (TPSA) is 3.24 Å². The first kappa shape index (κ1) is 15.6. The van der Waals surface area contributed by atoms with Crippen LogP contribution in [0.1, 0.15) is 39.0 Å². The van der Waals surface area contributed by atoms with E-state index in [1.54, 1.807) is 0 Å². The van der Waals surface area contributed by atoms with Crippen LogP contribution in [0.5, 0.6) is 0 Å². The second-order valence-electron chi connectivity index (χ2n) is 4.21. The van der Waals surface area contributed by atoms with Crippen molar-refractivity contribution < 1.29 is 0 Å². The van der Waals surface area contributed by atoms with E-state index in [1.165, 1.54) is 44.4 Å². The molecule has 0 aromatic carbocycles. The van der Waals surface area contributed by atoms with Crippen LogP contribution >= 0.6 is 23.4 Å². The van der Waals surface area contributed by atoms with Gasteiger partial charge in [0.15, 0.2) is 0 Å². The van der Waals surface area contributed by atoms with Crippen molar-refractivity contribution in [2.45, 2.75) is 45.1 Å². The Morgan fingerprint density at radius 3 is 2.47 bits per heavy atom. The lowest BCUT2D eigenvalue weighted by Gasteiger charge is -2.24. The lowest BCUT2D eigenvalue weighted by atomic mass is 10.1. The molecular formula is C12H26ClNS. The normalized spacial score (nSPS) is 13.4. The van der Waals surface area contributed by atoms with E-state index >= 15 is 0 Å². The second kappa shape index (κ2) is 11.1. The van der Waals surface area contributed by atoms with Crippen molar-refractivity contribution in [2.24, 2.45) is 0 Å². The van der Waals surface area contributed by atoms with Gasteiger partial charge >= 0.3 is 0 Å². The van der Waals surface area contributed by atoms with Crippen molar-refractivity contribution in [3.05, 3.63) is 0 Å². The molecule has 0 amide bonds. The molecule has 1 unspecified atom stereocenters. The Bertz CT molecular complexity index is 133. The predicted molar refractivity (Wildman–Crippen MR) is 74.3 cm³/mol. The van der Waals surface area contributed by atoms with E-state index in [4.69, 9.17) is 11.6 Å². The highest BCUT2D eigenvalue weighted by Crippen LogP contribution is 2.08. The summed E-state index contributed by atoms with van der Waals surface area (Å²) >= 11 is 7.58. The van der Waals surface area contributed by atoms with Gasteiger partial charge in [0.05, 0.1) is 0 Å². The van der Waals surface area contributed by atoms with Gasteiger partial charge in [-0.25, -0.2) is 0 Å². The summed E-state index contributed by atoms with van der Waals surface area (Å²) in [6, 6.07) is 0.727. The van der Waals surface area contributed by atoms with E-state index in [-0.39, 0.29) is 0 Å². The third kappa shape index (κ3) is 9.52. The van der Waals surface area contributed by atoms with Gasteiger partial charge < -0.3 is 4.90 Å². The monoisotopic (exact) mass is 251 g/mol. The van der Waals surface area contributed by atoms with Gasteiger partial charge in [0.2, 0.25) is 0 Å². The van der Waals surface area contributed by atoms with Crippen LogP contribution in [0.15, 0.2) is 0 Å². The second-order valence-corrected chi connectivity index (χ2v) is 5.58. The summed E-state index contributed by atoms with van der Waals surface area (Å²) in [7, 11) is 2.24. The zero-order valence-electron chi connectivity index (χ0n) is 10.5.